The molecule has 7 heteroatoms. The lowest BCUT2D eigenvalue weighted by Gasteiger charge is -2.43. The van der Waals surface area contributed by atoms with Crippen LogP contribution in [0, 0.1) is 6.92 Å². The standard InChI is InChI=1S/C19H26N4O3/c1-13(2)23-16(24)12-26-18(17(23)15-8-6-5-7-9-15)19-20-14(3)21-22(19)10-11-25-4/h5-9,13,17-18H,10-12H2,1-4H3/t17-,18+/m1/s1. The first-order valence-corrected chi connectivity index (χ1v) is 8.91. The third-order valence-corrected chi connectivity index (χ3v) is 4.53. The van der Waals surface area contributed by atoms with Crippen LogP contribution in [-0.2, 0) is 20.8 Å². The molecule has 0 aliphatic carbocycles. The van der Waals surface area contributed by atoms with E-state index in [1.54, 1.807) is 7.11 Å². The van der Waals surface area contributed by atoms with Crippen molar-refractivity contribution >= 4 is 5.91 Å². The highest BCUT2D eigenvalue weighted by Gasteiger charge is 2.42. The van der Waals surface area contributed by atoms with Gasteiger partial charge in [-0.05, 0) is 26.3 Å². The van der Waals surface area contributed by atoms with Crippen LogP contribution in [0.2, 0.25) is 0 Å². The second kappa shape index (κ2) is 7.97. The van der Waals surface area contributed by atoms with Crippen LogP contribution < -0.4 is 0 Å². The number of aromatic nitrogens is 3. The van der Waals surface area contributed by atoms with E-state index in [-0.39, 0.29) is 30.7 Å². The first-order valence-electron chi connectivity index (χ1n) is 8.91. The molecule has 1 amide bonds. The fraction of sp³-hybridized carbons (Fsp3) is 0.526. The van der Waals surface area contributed by atoms with Gasteiger partial charge >= 0.3 is 0 Å². The molecule has 1 aliphatic heterocycles. The van der Waals surface area contributed by atoms with Crippen LogP contribution in [0.15, 0.2) is 30.3 Å². The van der Waals surface area contributed by atoms with Gasteiger partial charge in [-0.2, -0.15) is 5.10 Å². The molecule has 1 aliphatic rings. The lowest BCUT2D eigenvalue weighted by Crippen LogP contribution is -2.49. The topological polar surface area (TPSA) is 69.5 Å². The Hall–Kier alpha value is -2.25. The maximum Gasteiger partial charge on any atom is 0.249 e. The summed E-state index contributed by atoms with van der Waals surface area (Å²) in [7, 11) is 1.66. The molecular formula is C19H26N4O3. The number of aryl methyl sites for hydroxylation is 1. The number of hydrogen-bond donors (Lipinski definition) is 0. The van der Waals surface area contributed by atoms with E-state index in [1.165, 1.54) is 0 Å². The zero-order valence-electron chi connectivity index (χ0n) is 15.8. The summed E-state index contributed by atoms with van der Waals surface area (Å²) >= 11 is 0. The number of ether oxygens (including phenoxy) is 2. The van der Waals surface area contributed by atoms with Gasteiger partial charge in [-0.15, -0.1) is 0 Å². The molecular weight excluding hydrogens is 332 g/mol. The molecule has 0 unspecified atom stereocenters. The normalized spacial score (nSPS) is 20.8. The number of methoxy groups -OCH3 is 1. The number of nitrogens with zero attached hydrogens (tertiary/aromatic N) is 4. The minimum absolute atomic E-state index is 0.00946. The number of morpholine rings is 1. The first kappa shape index (κ1) is 18.5. The molecule has 7 nitrogen and oxygen atoms in total. The Balaban J connectivity index is 2.05. The molecule has 2 heterocycles. The van der Waals surface area contributed by atoms with E-state index < -0.39 is 0 Å². The van der Waals surface area contributed by atoms with Gasteiger partial charge in [0.1, 0.15) is 18.5 Å². The predicted molar refractivity (Wildman–Crippen MR) is 96.5 cm³/mol. The zero-order valence-corrected chi connectivity index (χ0v) is 15.8. The van der Waals surface area contributed by atoms with Gasteiger partial charge in [-0.25, -0.2) is 9.67 Å². The monoisotopic (exact) mass is 358 g/mol. The van der Waals surface area contributed by atoms with Crippen molar-refractivity contribution in [3.63, 3.8) is 0 Å². The smallest absolute Gasteiger partial charge is 0.249 e. The van der Waals surface area contributed by atoms with E-state index in [2.05, 4.69) is 10.1 Å². The van der Waals surface area contributed by atoms with E-state index in [9.17, 15) is 4.79 Å². The number of benzene rings is 1. The molecule has 2 aromatic rings. The Kier molecular flexibility index (Phi) is 5.68. The molecule has 26 heavy (non-hydrogen) atoms. The average Bonchev–Trinajstić information content (AvgIpc) is 3.00. The van der Waals surface area contributed by atoms with Crippen molar-refractivity contribution in [2.45, 2.75) is 45.5 Å². The van der Waals surface area contributed by atoms with Crippen LogP contribution in [0.4, 0.5) is 0 Å². The summed E-state index contributed by atoms with van der Waals surface area (Å²) in [5.74, 6) is 1.40. The number of hydrogen-bond acceptors (Lipinski definition) is 5. The summed E-state index contributed by atoms with van der Waals surface area (Å²) in [6.45, 7) is 7.07. The quantitative estimate of drug-likeness (QED) is 0.792. The first-order chi connectivity index (χ1) is 12.5. The Morgan fingerprint density at radius 3 is 2.69 bits per heavy atom. The Morgan fingerprint density at radius 1 is 1.31 bits per heavy atom. The third kappa shape index (κ3) is 3.64. The Morgan fingerprint density at radius 2 is 2.04 bits per heavy atom. The predicted octanol–water partition coefficient (Wildman–Crippen LogP) is 2.28. The van der Waals surface area contributed by atoms with E-state index in [0.717, 1.165) is 11.4 Å². The zero-order chi connectivity index (χ0) is 18.7. The summed E-state index contributed by atoms with van der Waals surface area (Å²) < 4.78 is 13.0. The Bertz CT molecular complexity index is 744. The maximum absolute atomic E-state index is 12.6. The Labute approximate surface area is 153 Å². The molecule has 1 saturated heterocycles. The van der Waals surface area contributed by atoms with Crippen molar-refractivity contribution in [3.8, 4) is 0 Å². The fourth-order valence-corrected chi connectivity index (χ4v) is 3.46. The van der Waals surface area contributed by atoms with Gasteiger partial charge in [0.05, 0.1) is 19.2 Å². The van der Waals surface area contributed by atoms with Crippen LogP contribution in [0.3, 0.4) is 0 Å². The second-order valence-electron chi connectivity index (χ2n) is 6.72. The fourth-order valence-electron chi connectivity index (χ4n) is 3.46. The van der Waals surface area contributed by atoms with Crippen molar-refractivity contribution in [2.75, 3.05) is 20.3 Å². The SMILES string of the molecule is COCCn1nc(C)nc1[C@H]1OCC(=O)N(C(C)C)[C@@H]1c1ccccc1. The maximum atomic E-state index is 12.6. The molecule has 1 fully saturated rings. The van der Waals surface area contributed by atoms with Crippen LogP contribution in [0.1, 0.15) is 43.2 Å². The van der Waals surface area contributed by atoms with Crippen molar-refractivity contribution in [3.05, 3.63) is 47.5 Å². The molecule has 0 bridgehead atoms. The minimum Gasteiger partial charge on any atom is -0.383 e. The van der Waals surface area contributed by atoms with Gasteiger partial charge in [-0.1, -0.05) is 30.3 Å². The van der Waals surface area contributed by atoms with Gasteiger partial charge in [0.2, 0.25) is 5.91 Å². The van der Waals surface area contributed by atoms with Crippen molar-refractivity contribution < 1.29 is 14.3 Å². The number of rotatable bonds is 6. The van der Waals surface area contributed by atoms with Crippen molar-refractivity contribution in [1.29, 1.82) is 0 Å². The summed E-state index contributed by atoms with van der Waals surface area (Å²) in [6, 6.07) is 9.78. The van der Waals surface area contributed by atoms with E-state index in [1.807, 2.05) is 60.7 Å². The summed E-state index contributed by atoms with van der Waals surface area (Å²) in [6.07, 6.45) is -0.379. The largest absolute Gasteiger partial charge is 0.383 e. The highest BCUT2D eigenvalue weighted by Crippen LogP contribution is 2.40. The van der Waals surface area contributed by atoms with Crippen LogP contribution >= 0.6 is 0 Å². The van der Waals surface area contributed by atoms with Crippen LogP contribution in [0.5, 0.6) is 0 Å². The number of carbonyl (C=O) groups excluding carboxylic acids is 1. The summed E-state index contributed by atoms with van der Waals surface area (Å²) in [5, 5.41) is 4.48. The van der Waals surface area contributed by atoms with Crippen molar-refractivity contribution in [1.82, 2.24) is 19.7 Å². The molecule has 0 radical (unpaired) electrons. The molecule has 0 saturated carbocycles. The number of carbonyl (C=O) groups is 1. The van der Waals surface area contributed by atoms with Gasteiger partial charge in [0.15, 0.2) is 5.82 Å². The minimum atomic E-state index is -0.379. The van der Waals surface area contributed by atoms with E-state index in [4.69, 9.17) is 9.47 Å². The average molecular weight is 358 g/mol. The molecule has 140 valence electrons. The lowest BCUT2D eigenvalue weighted by molar-refractivity contribution is -0.163. The molecule has 3 rings (SSSR count). The molecule has 1 aromatic carbocycles. The second-order valence-corrected chi connectivity index (χ2v) is 6.72. The van der Waals surface area contributed by atoms with Gasteiger partial charge in [-0.3, -0.25) is 4.79 Å². The van der Waals surface area contributed by atoms with Crippen LogP contribution in [0.25, 0.3) is 0 Å². The third-order valence-electron chi connectivity index (χ3n) is 4.53. The lowest BCUT2D eigenvalue weighted by atomic mass is 9.96. The van der Waals surface area contributed by atoms with Gasteiger partial charge in [0.25, 0.3) is 0 Å². The van der Waals surface area contributed by atoms with Gasteiger partial charge < -0.3 is 14.4 Å². The number of amides is 1. The molecule has 0 spiro atoms. The van der Waals surface area contributed by atoms with Crippen LogP contribution in [-0.4, -0.2) is 51.9 Å². The summed E-state index contributed by atoms with van der Waals surface area (Å²) in [4.78, 5) is 19.1. The van der Waals surface area contributed by atoms with E-state index in [0.29, 0.717) is 19.0 Å². The molecule has 1 aromatic heterocycles. The highest BCUT2D eigenvalue weighted by molar-refractivity contribution is 5.79. The van der Waals surface area contributed by atoms with Crippen molar-refractivity contribution in [2.24, 2.45) is 0 Å². The van der Waals surface area contributed by atoms with E-state index >= 15 is 0 Å². The highest BCUT2D eigenvalue weighted by atomic mass is 16.5. The summed E-state index contributed by atoms with van der Waals surface area (Å²) in [5.41, 5.74) is 1.03. The molecule has 2 atom stereocenters. The molecule has 0 N–H and O–H groups in total. The van der Waals surface area contributed by atoms with Gasteiger partial charge in [0, 0.05) is 13.2 Å².